The molecule has 0 bridgehead atoms. The molecule has 3 aromatic heterocycles. The van der Waals surface area contributed by atoms with Crippen molar-refractivity contribution in [2.24, 2.45) is 0 Å². The summed E-state index contributed by atoms with van der Waals surface area (Å²) in [6, 6.07) is 9.90. The highest BCUT2D eigenvalue weighted by atomic mass is 32.2. The van der Waals surface area contributed by atoms with E-state index < -0.39 is 0 Å². The highest BCUT2D eigenvalue weighted by Gasteiger charge is 2.20. The van der Waals surface area contributed by atoms with Crippen LogP contribution >= 0.6 is 11.8 Å². The molecule has 0 radical (unpaired) electrons. The van der Waals surface area contributed by atoms with E-state index >= 15 is 0 Å². The van der Waals surface area contributed by atoms with Crippen molar-refractivity contribution in [2.75, 3.05) is 44.4 Å². The van der Waals surface area contributed by atoms with E-state index in [9.17, 15) is 9.59 Å². The molecule has 4 heterocycles. The maximum atomic E-state index is 12.4. The summed E-state index contributed by atoms with van der Waals surface area (Å²) in [7, 11) is 1.65. The van der Waals surface area contributed by atoms with E-state index in [2.05, 4.69) is 26.2 Å². The third-order valence-corrected chi connectivity index (χ3v) is 7.27. The number of fused-ring (bicyclic) bond motifs is 3. The lowest BCUT2D eigenvalue weighted by Crippen LogP contribution is -2.46. The van der Waals surface area contributed by atoms with Gasteiger partial charge in [-0.1, -0.05) is 0 Å². The minimum Gasteiger partial charge on any atom is -0.368 e. The van der Waals surface area contributed by atoms with Gasteiger partial charge in [-0.3, -0.25) is 19.1 Å². The zero-order valence-electron chi connectivity index (χ0n) is 19.6. The van der Waals surface area contributed by atoms with E-state index in [4.69, 9.17) is 4.98 Å². The Morgan fingerprint density at radius 1 is 1.18 bits per heavy atom. The van der Waals surface area contributed by atoms with Crippen molar-refractivity contribution in [3.8, 4) is 0 Å². The Balaban J connectivity index is 1.30. The second kappa shape index (κ2) is 9.15. The van der Waals surface area contributed by atoms with E-state index in [1.54, 1.807) is 29.4 Å². The number of nitrogens with one attached hydrogen (secondary N) is 2. The average Bonchev–Trinajstić information content (AvgIpc) is 3.26. The highest BCUT2D eigenvalue weighted by molar-refractivity contribution is 7.98. The lowest BCUT2D eigenvalue weighted by molar-refractivity contribution is 0.0963. The number of thioether (sulfide) groups is 1. The van der Waals surface area contributed by atoms with Crippen molar-refractivity contribution in [2.45, 2.75) is 18.4 Å². The van der Waals surface area contributed by atoms with Gasteiger partial charge in [0.15, 0.2) is 0 Å². The summed E-state index contributed by atoms with van der Waals surface area (Å²) in [6.07, 6.45) is 5.75. The summed E-state index contributed by atoms with van der Waals surface area (Å²) in [4.78, 5) is 38.0. The minimum atomic E-state index is -0.143. The number of hydrogen-bond acceptors (Lipinski definition) is 6. The Labute approximate surface area is 202 Å². The van der Waals surface area contributed by atoms with E-state index in [-0.39, 0.29) is 11.6 Å². The predicted molar refractivity (Wildman–Crippen MR) is 137 cm³/mol. The third kappa shape index (κ3) is 4.05. The number of piperazine rings is 1. The Bertz CT molecular complexity index is 1430. The fraction of sp³-hybridized carbons (Fsp3) is 0.320. The number of carbonyl (C=O) groups excluding carboxylic acids is 1. The Hall–Kier alpha value is -3.30. The number of nitrogens with zero attached hydrogens (tertiary/aromatic N) is 4. The predicted octanol–water partition coefficient (Wildman–Crippen LogP) is 2.89. The van der Waals surface area contributed by atoms with Gasteiger partial charge in [0.1, 0.15) is 5.52 Å². The molecule has 9 heteroatoms. The second-order valence-corrected chi connectivity index (χ2v) is 9.46. The van der Waals surface area contributed by atoms with Gasteiger partial charge >= 0.3 is 5.69 Å². The van der Waals surface area contributed by atoms with E-state index in [1.807, 2.05) is 43.6 Å². The monoisotopic (exact) mass is 476 g/mol. The van der Waals surface area contributed by atoms with Crippen LogP contribution in [-0.2, 0) is 6.54 Å². The zero-order chi connectivity index (χ0) is 23.8. The number of amides is 1. The van der Waals surface area contributed by atoms with Gasteiger partial charge in [0.05, 0.1) is 16.7 Å². The number of carbonyl (C=O) groups is 1. The molecule has 0 aliphatic carbocycles. The number of benzene rings is 1. The zero-order valence-corrected chi connectivity index (χ0v) is 20.4. The van der Waals surface area contributed by atoms with E-state index in [0.29, 0.717) is 5.56 Å². The molecular formula is C25H28N6O2S. The first-order chi connectivity index (χ1) is 16.5. The van der Waals surface area contributed by atoms with Gasteiger partial charge in [-0.2, -0.15) is 0 Å². The van der Waals surface area contributed by atoms with Crippen LogP contribution in [0.2, 0.25) is 0 Å². The fourth-order valence-electron chi connectivity index (χ4n) is 4.68. The van der Waals surface area contributed by atoms with Crippen LogP contribution < -0.4 is 15.9 Å². The lowest BCUT2D eigenvalue weighted by Gasteiger charge is -2.37. The van der Waals surface area contributed by atoms with Gasteiger partial charge in [-0.25, -0.2) is 4.79 Å². The van der Waals surface area contributed by atoms with Gasteiger partial charge in [-0.15, -0.1) is 11.8 Å². The van der Waals surface area contributed by atoms with Gasteiger partial charge < -0.3 is 15.2 Å². The van der Waals surface area contributed by atoms with Crippen molar-refractivity contribution in [3.63, 3.8) is 0 Å². The van der Waals surface area contributed by atoms with Gasteiger partial charge in [0.2, 0.25) is 0 Å². The number of aromatic amines is 1. The van der Waals surface area contributed by atoms with Crippen LogP contribution in [0.1, 0.15) is 21.5 Å². The Morgan fingerprint density at radius 2 is 1.97 bits per heavy atom. The summed E-state index contributed by atoms with van der Waals surface area (Å²) < 4.78 is 1.62. The van der Waals surface area contributed by atoms with Gasteiger partial charge in [0, 0.05) is 62.6 Å². The molecule has 5 rings (SSSR count). The van der Waals surface area contributed by atoms with Crippen LogP contribution in [0.3, 0.4) is 0 Å². The molecule has 34 heavy (non-hydrogen) atoms. The SMILES string of the molecule is CNC(=O)c1ccc(N2CCN(Cc3cnc4c(c3)[nH]c(=O)n3ccc(C)c43)CC2)c(SC)c1. The summed E-state index contributed by atoms with van der Waals surface area (Å²) in [5.74, 6) is -0.0649. The molecule has 0 saturated carbocycles. The van der Waals surface area contributed by atoms with Gasteiger partial charge in [-0.05, 0) is 54.6 Å². The van der Waals surface area contributed by atoms with Crippen molar-refractivity contribution in [1.82, 2.24) is 24.6 Å². The molecule has 0 unspecified atom stereocenters. The number of aromatic nitrogens is 3. The number of rotatable bonds is 5. The minimum absolute atomic E-state index is 0.0649. The number of anilines is 1. The molecule has 0 atom stereocenters. The quantitative estimate of drug-likeness (QED) is 0.431. The molecule has 176 valence electrons. The molecule has 1 fully saturated rings. The summed E-state index contributed by atoms with van der Waals surface area (Å²) >= 11 is 1.66. The number of aryl methyl sites for hydroxylation is 1. The molecule has 2 N–H and O–H groups in total. The van der Waals surface area contributed by atoms with Crippen LogP contribution in [0.15, 0.2) is 52.4 Å². The van der Waals surface area contributed by atoms with E-state index in [0.717, 1.165) is 65.3 Å². The Kier molecular flexibility index (Phi) is 6.05. The number of hydrogen-bond donors (Lipinski definition) is 2. The van der Waals surface area contributed by atoms with Crippen molar-refractivity contribution in [1.29, 1.82) is 0 Å². The van der Waals surface area contributed by atoms with Crippen LogP contribution in [0.5, 0.6) is 0 Å². The van der Waals surface area contributed by atoms with Gasteiger partial charge in [0.25, 0.3) is 5.91 Å². The van der Waals surface area contributed by atoms with Crippen LogP contribution in [0.25, 0.3) is 16.6 Å². The number of pyridine rings is 1. The Morgan fingerprint density at radius 3 is 2.71 bits per heavy atom. The molecule has 4 aromatic rings. The third-order valence-electron chi connectivity index (χ3n) is 6.51. The fourth-order valence-corrected chi connectivity index (χ4v) is 5.33. The highest BCUT2D eigenvalue weighted by Crippen LogP contribution is 2.31. The second-order valence-electron chi connectivity index (χ2n) is 8.62. The summed E-state index contributed by atoms with van der Waals surface area (Å²) in [6.45, 7) is 6.46. The molecule has 1 aromatic carbocycles. The topological polar surface area (TPSA) is 85.7 Å². The standard InChI is InChI=1S/C25H28N6O2S/c1-16-6-7-31-23(16)22-19(28-25(31)33)12-17(14-27-22)15-29-8-10-30(11-9-29)20-5-4-18(24(32)26-2)13-21(20)34-3/h4-7,12-14H,8-11,15H2,1-3H3,(H,26,32)(H,28,33). The largest absolute Gasteiger partial charge is 0.368 e. The molecular weight excluding hydrogens is 448 g/mol. The first-order valence-corrected chi connectivity index (χ1v) is 12.6. The molecule has 8 nitrogen and oxygen atoms in total. The molecule has 1 aliphatic heterocycles. The first-order valence-electron chi connectivity index (χ1n) is 11.3. The van der Waals surface area contributed by atoms with Crippen molar-refractivity contribution in [3.05, 3.63) is 69.9 Å². The van der Waals surface area contributed by atoms with Crippen molar-refractivity contribution >= 4 is 39.9 Å². The normalized spacial score (nSPS) is 14.7. The average molecular weight is 477 g/mol. The van der Waals surface area contributed by atoms with E-state index in [1.165, 1.54) is 5.69 Å². The lowest BCUT2D eigenvalue weighted by atomic mass is 10.1. The smallest absolute Gasteiger partial charge is 0.330 e. The molecule has 0 spiro atoms. The first kappa shape index (κ1) is 22.5. The van der Waals surface area contributed by atoms with Crippen molar-refractivity contribution < 1.29 is 4.79 Å². The van der Waals surface area contributed by atoms with Crippen LogP contribution in [0, 0.1) is 6.92 Å². The molecule has 1 amide bonds. The summed E-state index contributed by atoms with van der Waals surface area (Å²) in [5.41, 5.74) is 6.31. The molecule has 1 aliphatic rings. The summed E-state index contributed by atoms with van der Waals surface area (Å²) in [5, 5.41) is 2.69. The van der Waals surface area contributed by atoms with Crippen LogP contribution in [0.4, 0.5) is 5.69 Å². The van der Waals surface area contributed by atoms with Crippen LogP contribution in [-0.4, -0.2) is 64.7 Å². The number of H-pyrrole nitrogens is 1. The molecule has 1 saturated heterocycles. The maximum absolute atomic E-state index is 12.4. The maximum Gasteiger partial charge on any atom is 0.330 e.